The Morgan fingerprint density at radius 2 is 1.07 bits per heavy atom. The fraction of sp³-hybridized carbons (Fsp3) is 0.0192. The van der Waals surface area contributed by atoms with Crippen molar-refractivity contribution < 1.29 is 4.42 Å². The van der Waals surface area contributed by atoms with Crippen LogP contribution in [0.25, 0.3) is 77.1 Å². The molecule has 0 unspecified atom stereocenters. The van der Waals surface area contributed by atoms with Gasteiger partial charge in [0, 0.05) is 32.7 Å². The van der Waals surface area contributed by atoms with Gasteiger partial charge in [0.1, 0.15) is 17.8 Å². The first-order valence-corrected chi connectivity index (χ1v) is 19.0. The molecule has 2 heterocycles. The number of hydrogen-bond acceptors (Lipinski definition) is 2. The number of aromatic nitrogens is 1. The molecule has 57 heavy (non-hydrogen) atoms. The molecule has 0 bridgehead atoms. The molecular formula is C52H36N4O. The van der Waals surface area contributed by atoms with E-state index >= 15 is 0 Å². The Balaban J connectivity index is 1.09. The van der Waals surface area contributed by atoms with E-state index in [1.54, 1.807) is 0 Å². The average molecular weight is 733 g/mol. The van der Waals surface area contributed by atoms with E-state index < -0.39 is 0 Å². The number of hydrogen-bond donors (Lipinski definition) is 0. The van der Waals surface area contributed by atoms with Crippen LogP contribution >= 0.6 is 0 Å². The molecular weight excluding hydrogens is 697 g/mol. The molecule has 0 aliphatic rings. The van der Waals surface area contributed by atoms with Crippen molar-refractivity contribution in [2.45, 2.75) is 6.67 Å². The number of aliphatic imine (C=N–C) groups is 3. The van der Waals surface area contributed by atoms with Crippen molar-refractivity contribution in [2.24, 2.45) is 15.0 Å². The highest BCUT2D eigenvalue weighted by atomic mass is 16.3. The van der Waals surface area contributed by atoms with Gasteiger partial charge >= 0.3 is 0 Å². The van der Waals surface area contributed by atoms with Gasteiger partial charge in [-0.05, 0) is 76.5 Å². The molecule has 10 rings (SSSR count). The van der Waals surface area contributed by atoms with Gasteiger partial charge in [0.05, 0.1) is 11.0 Å². The largest absolute Gasteiger partial charge is 0.456 e. The molecule has 0 atom stereocenters. The quantitative estimate of drug-likeness (QED) is 0.119. The Bertz CT molecular complexity index is 3150. The zero-order valence-corrected chi connectivity index (χ0v) is 31.1. The zero-order chi connectivity index (χ0) is 38.1. The van der Waals surface area contributed by atoms with Gasteiger partial charge in [0.2, 0.25) is 0 Å². The lowest BCUT2D eigenvalue weighted by atomic mass is 9.98. The molecule has 0 spiro atoms. The van der Waals surface area contributed by atoms with E-state index in [1.807, 2.05) is 54.6 Å². The summed E-state index contributed by atoms with van der Waals surface area (Å²) in [5.74, 6) is 1.08. The molecule has 5 nitrogen and oxygen atoms in total. The predicted octanol–water partition coefficient (Wildman–Crippen LogP) is 13.2. The Hall–Kier alpha value is -7.63. The average Bonchev–Trinajstić information content (AvgIpc) is 3.82. The Labute approximate surface area is 330 Å². The number of fused-ring (bicyclic) bond motifs is 6. The summed E-state index contributed by atoms with van der Waals surface area (Å²) in [5.41, 5.74) is 12.5. The Morgan fingerprint density at radius 3 is 1.86 bits per heavy atom. The number of benzene rings is 8. The molecule has 0 fully saturated rings. The van der Waals surface area contributed by atoms with E-state index in [4.69, 9.17) is 14.4 Å². The Morgan fingerprint density at radius 1 is 0.456 bits per heavy atom. The normalized spacial score (nSPS) is 12.2. The van der Waals surface area contributed by atoms with Crippen LogP contribution in [-0.4, -0.2) is 23.0 Å². The number of amidine groups is 2. The highest BCUT2D eigenvalue weighted by Crippen LogP contribution is 2.39. The minimum absolute atomic E-state index is 0.346. The molecule has 0 saturated heterocycles. The molecule has 0 aliphatic carbocycles. The van der Waals surface area contributed by atoms with Crippen LogP contribution < -0.4 is 0 Å². The van der Waals surface area contributed by atoms with Crippen LogP contribution in [0.1, 0.15) is 11.1 Å². The molecule has 10 aromatic rings. The van der Waals surface area contributed by atoms with Crippen LogP contribution in [0.4, 0.5) is 0 Å². The Kier molecular flexibility index (Phi) is 8.65. The van der Waals surface area contributed by atoms with Crippen LogP contribution in [0.3, 0.4) is 0 Å². The number of para-hydroxylation sites is 2. The summed E-state index contributed by atoms with van der Waals surface area (Å²) in [6.07, 6.45) is 0. The lowest BCUT2D eigenvalue weighted by Gasteiger charge is -2.10. The van der Waals surface area contributed by atoms with Crippen molar-refractivity contribution >= 4 is 62.1 Å². The maximum atomic E-state index is 6.25. The van der Waals surface area contributed by atoms with Gasteiger partial charge in [-0.25, -0.2) is 15.0 Å². The summed E-state index contributed by atoms with van der Waals surface area (Å²) in [5, 5.41) is 4.57. The third-order valence-corrected chi connectivity index (χ3v) is 10.7. The van der Waals surface area contributed by atoms with Gasteiger partial charge in [-0.1, -0.05) is 158 Å². The lowest BCUT2D eigenvalue weighted by Crippen LogP contribution is -2.07. The van der Waals surface area contributed by atoms with Crippen LogP contribution in [0.2, 0.25) is 0 Å². The van der Waals surface area contributed by atoms with Crippen LogP contribution in [0.15, 0.2) is 214 Å². The van der Waals surface area contributed by atoms with Crippen LogP contribution in [0.5, 0.6) is 0 Å². The molecule has 2 aromatic heterocycles. The maximum absolute atomic E-state index is 6.25. The highest BCUT2D eigenvalue weighted by molar-refractivity contribution is 6.15. The zero-order valence-electron chi connectivity index (χ0n) is 31.1. The third kappa shape index (κ3) is 6.31. The van der Waals surface area contributed by atoms with Crippen molar-refractivity contribution in [1.29, 1.82) is 0 Å². The van der Waals surface area contributed by atoms with Gasteiger partial charge in [0.15, 0.2) is 11.7 Å². The second kappa shape index (κ2) is 14.5. The second-order valence-corrected chi connectivity index (χ2v) is 14.1. The SMILES string of the molecule is C=NC(=NC(=NCn1c2ccccc2c2cc(-c3cccc4oc5ccccc5c34)ccc21)c1ccc(-c2ccccc2)cc1)c1cccc(-c2ccccc2)c1. The molecule has 0 radical (unpaired) electrons. The first-order valence-electron chi connectivity index (χ1n) is 19.0. The third-order valence-electron chi connectivity index (χ3n) is 10.7. The van der Waals surface area contributed by atoms with Crippen molar-refractivity contribution in [3.05, 3.63) is 205 Å². The number of furan rings is 1. The van der Waals surface area contributed by atoms with Gasteiger partial charge in [0.25, 0.3) is 0 Å². The molecule has 0 aliphatic heterocycles. The number of nitrogens with zero attached hydrogens (tertiary/aromatic N) is 4. The van der Waals surface area contributed by atoms with E-state index in [9.17, 15) is 0 Å². The molecule has 0 amide bonds. The van der Waals surface area contributed by atoms with Crippen molar-refractivity contribution in [3.63, 3.8) is 0 Å². The summed E-state index contributed by atoms with van der Waals surface area (Å²) in [4.78, 5) is 14.9. The fourth-order valence-corrected chi connectivity index (χ4v) is 7.92. The van der Waals surface area contributed by atoms with Crippen molar-refractivity contribution in [1.82, 2.24) is 4.57 Å². The van der Waals surface area contributed by atoms with E-state index in [0.29, 0.717) is 18.3 Å². The fourth-order valence-electron chi connectivity index (χ4n) is 7.92. The topological polar surface area (TPSA) is 55.1 Å². The monoisotopic (exact) mass is 732 g/mol. The van der Waals surface area contributed by atoms with Gasteiger partial charge in [-0.3, -0.25) is 0 Å². The first kappa shape index (κ1) is 33.9. The molecule has 0 saturated carbocycles. The minimum Gasteiger partial charge on any atom is -0.456 e. The predicted molar refractivity (Wildman–Crippen MR) is 239 cm³/mol. The van der Waals surface area contributed by atoms with Crippen LogP contribution in [-0.2, 0) is 6.67 Å². The summed E-state index contributed by atoms with van der Waals surface area (Å²) in [7, 11) is 0. The summed E-state index contributed by atoms with van der Waals surface area (Å²) in [6.45, 7) is 4.30. The highest BCUT2D eigenvalue weighted by Gasteiger charge is 2.16. The van der Waals surface area contributed by atoms with E-state index in [-0.39, 0.29) is 0 Å². The van der Waals surface area contributed by atoms with Gasteiger partial charge in [-0.2, -0.15) is 0 Å². The van der Waals surface area contributed by atoms with Crippen molar-refractivity contribution in [3.8, 4) is 33.4 Å². The minimum atomic E-state index is 0.346. The van der Waals surface area contributed by atoms with Crippen molar-refractivity contribution in [2.75, 3.05) is 0 Å². The molecule has 0 N–H and O–H groups in total. The van der Waals surface area contributed by atoms with E-state index in [1.165, 1.54) is 0 Å². The van der Waals surface area contributed by atoms with E-state index in [0.717, 1.165) is 88.3 Å². The molecule has 5 heteroatoms. The molecule has 270 valence electrons. The summed E-state index contributed by atoms with van der Waals surface area (Å²) >= 11 is 0. The van der Waals surface area contributed by atoms with Crippen LogP contribution in [0, 0.1) is 0 Å². The van der Waals surface area contributed by atoms with E-state index in [2.05, 4.69) is 156 Å². The van der Waals surface area contributed by atoms with Gasteiger partial charge in [-0.15, -0.1) is 0 Å². The second-order valence-electron chi connectivity index (χ2n) is 14.1. The summed E-state index contributed by atoms with van der Waals surface area (Å²) < 4.78 is 8.52. The summed E-state index contributed by atoms with van der Waals surface area (Å²) in [6, 6.07) is 67.2. The maximum Gasteiger partial charge on any atom is 0.161 e. The standard InChI is InChI=1S/C52H36N4O/c1-53-51(41-19-12-18-39(32-41)36-16-6-3-7-17-36)55-52(38-28-26-37(27-29-38)35-14-4-2-5-15-35)54-34-56-46-23-10-8-20-43(46)45-33-40(30-31-47(45)56)42-22-13-25-49-50(42)44-21-9-11-24-48(44)57-49/h2-33H,1,34H2. The molecule has 8 aromatic carbocycles. The number of rotatable bonds is 7. The smallest absolute Gasteiger partial charge is 0.161 e. The first-order chi connectivity index (χ1) is 28.2. The lowest BCUT2D eigenvalue weighted by molar-refractivity contribution is 0.669. The van der Waals surface area contributed by atoms with Gasteiger partial charge < -0.3 is 8.98 Å².